The quantitative estimate of drug-likeness (QED) is 0.725. The highest BCUT2D eigenvalue weighted by molar-refractivity contribution is 7.89. The second-order valence-corrected chi connectivity index (χ2v) is 9.71. The van der Waals surface area contributed by atoms with Gasteiger partial charge in [0.1, 0.15) is 16.6 Å². The lowest BCUT2D eigenvalue weighted by Crippen LogP contribution is -2.42. The van der Waals surface area contributed by atoms with Crippen molar-refractivity contribution in [2.75, 3.05) is 13.1 Å². The molecule has 1 saturated heterocycles. The summed E-state index contributed by atoms with van der Waals surface area (Å²) in [6, 6.07) is 0.300. The number of aliphatic carboxylic acids is 1. The number of carboxylic acids is 1. The van der Waals surface area contributed by atoms with E-state index in [0.717, 1.165) is 12.8 Å². The first-order valence-corrected chi connectivity index (χ1v) is 10.7. The Bertz CT molecular complexity index is 800. The third kappa shape index (κ3) is 5.10. The minimum Gasteiger partial charge on any atom is -0.480 e. The van der Waals surface area contributed by atoms with Gasteiger partial charge >= 0.3 is 5.97 Å². The van der Waals surface area contributed by atoms with Gasteiger partial charge in [-0.3, -0.25) is 4.79 Å². The molecule has 152 valence electrons. The summed E-state index contributed by atoms with van der Waals surface area (Å²) in [5, 5.41) is 11.8. The van der Waals surface area contributed by atoms with Gasteiger partial charge in [0.05, 0.1) is 0 Å². The van der Waals surface area contributed by atoms with Gasteiger partial charge in [0, 0.05) is 26.3 Å². The minimum absolute atomic E-state index is 0.0555. The van der Waals surface area contributed by atoms with Crippen LogP contribution in [0.2, 0.25) is 0 Å². The SMILES string of the molecule is CC(C)C[C@@H](NC(=O)c1cc(S(=O)(=O)N2CCCC(C)C2)cn1C)C(=O)O. The molecule has 0 saturated carbocycles. The van der Waals surface area contributed by atoms with Gasteiger partial charge in [0.15, 0.2) is 0 Å². The van der Waals surface area contributed by atoms with Crippen LogP contribution >= 0.6 is 0 Å². The number of nitrogens with one attached hydrogen (secondary N) is 1. The molecule has 1 amide bonds. The fraction of sp³-hybridized carbons (Fsp3) is 0.667. The number of aromatic nitrogens is 1. The Hall–Kier alpha value is -1.87. The molecule has 27 heavy (non-hydrogen) atoms. The fourth-order valence-electron chi connectivity index (χ4n) is 3.34. The van der Waals surface area contributed by atoms with Crippen LogP contribution in [0.15, 0.2) is 17.2 Å². The van der Waals surface area contributed by atoms with E-state index in [1.54, 1.807) is 7.05 Å². The van der Waals surface area contributed by atoms with E-state index in [1.807, 2.05) is 20.8 Å². The molecular formula is C18H29N3O5S. The average Bonchev–Trinajstić information content (AvgIpc) is 2.96. The van der Waals surface area contributed by atoms with Crippen LogP contribution in [0, 0.1) is 11.8 Å². The number of amides is 1. The second kappa shape index (κ2) is 8.43. The van der Waals surface area contributed by atoms with Crippen molar-refractivity contribution < 1.29 is 23.1 Å². The summed E-state index contributed by atoms with van der Waals surface area (Å²) < 4.78 is 28.6. The number of carbonyl (C=O) groups excluding carboxylic acids is 1. The third-order valence-electron chi connectivity index (χ3n) is 4.78. The molecule has 0 spiro atoms. The van der Waals surface area contributed by atoms with E-state index in [-0.39, 0.29) is 16.5 Å². The van der Waals surface area contributed by atoms with Crippen LogP contribution in [-0.2, 0) is 21.9 Å². The summed E-state index contributed by atoms with van der Waals surface area (Å²) >= 11 is 0. The highest BCUT2D eigenvalue weighted by Crippen LogP contribution is 2.24. The van der Waals surface area contributed by atoms with E-state index in [1.165, 1.54) is 21.1 Å². The van der Waals surface area contributed by atoms with Crippen LogP contribution in [0.25, 0.3) is 0 Å². The number of sulfonamides is 1. The second-order valence-electron chi connectivity index (χ2n) is 7.78. The topological polar surface area (TPSA) is 109 Å². The molecule has 1 unspecified atom stereocenters. The number of carboxylic acid groups (broad SMARTS) is 1. The summed E-state index contributed by atoms with van der Waals surface area (Å²) in [4.78, 5) is 23.9. The molecule has 2 N–H and O–H groups in total. The molecule has 0 radical (unpaired) electrons. The van der Waals surface area contributed by atoms with Gasteiger partial charge in [0.2, 0.25) is 10.0 Å². The van der Waals surface area contributed by atoms with Crippen molar-refractivity contribution in [2.24, 2.45) is 18.9 Å². The van der Waals surface area contributed by atoms with E-state index in [2.05, 4.69) is 5.32 Å². The molecular weight excluding hydrogens is 370 g/mol. The highest BCUT2D eigenvalue weighted by Gasteiger charge is 2.31. The van der Waals surface area contributed by atoms with E-state index >= 15 is 0 Å². The fourth-order valence-corrected chi connectivity index (χ4v) is 5.01. The van der Waals surface area contributed by atoms with Crippen LogP contribution in [0.3, 0.4) is 0 Å². The van der Waals surface area contributed by atoms with Crippen molar-refractivity contribution in [2.45, 2.75) is 51.0 Å². The zero-order valence-electron chi connectivity index (χ0n) is 16.3. The van der Waals surface area contributed by atoms with Gasteiger partial charge in [-0.25, -0.2) is 13.2 Å². The van der Waals surface area contributed by atoms with Gasteiger partial charge in [0.25, 0.3) is 5.91 Å². The van der Waals surface area contributed by atoms with Crippen molar-refractivity contribution >= 4 is 21.9 Å². The molecule has 8 nitrogen and oxygen atoms in total. The molecule has 2 heterocycles. The maximum Gasteiger partial charge on any atom is 0.326 e. The van der Waals surface area contributed by atoms with E-state index in [9.17, 15) is 23.1 Å². The molecule has 2 rings (SSSR count). The van der Waals surface area contributed by atoms with Crippen LogP contribution in [0.1, 0.15) is 50.5 Å². The third-order valence-corrected chi connectivity index (χ3v) is 6.61. The standard InChI is InChI=1S/C18H29N3O5S/c1-12(2)8-15(18(23)24)19-17(22)16-9-14(11-20(16)4)27(25,26)21-7-5-6-13(3)10-21/h9,11-13,15H,5-8,10H2,1-4H3,(H,19,22)(H,23,24)/t13?,15-/m1/s1. The molecule has 0 bridgehead atoms. The lowest BCUT2D eigenvalue weighted by molar-refractivity contribution is -0.139. The zero-order valence-corrected chi connectivity index (χ0v) is 17.1. The predicted molar refractivity (Wildman–Crippen MR) is 101 cm³/mol. The van der Waals surface area contributed by atoms with Crippen molar-refractivity contribution in [1.82, 2.24) is 14.2 Å². The molecule has 0 aliphatic carbocycles. The van der Waals surface area contributed by atoms with E-state index < -0.39 is 27.9 Å². The Kier molecular flexibility index (Phi) is 6.69. The normalized spacial score (nSPS) is 19.8. The number of rotatable bonds is 7. The van der Waals surface area contributed by atoms with Gasteiger partial charge in [-0.1, -0.05) is 20.8 Å². The van der Waals surface area contributed by atoms with Crippen molar-refractivity contribution in [3.63, 3.8) is 0 Å². The van der Waals surface area contributed by atoms with Crippen molar-refractivity contribution in [1.29, 1.82) is 0 Å². The molecule has 1 aliphatic heterocycles. The van der Waals surface area contributed by atoms with Crippen LogP contribution in [-0.4, -0.2) is 53.4 Å². The predicted octanol–water partition coefficient (Wildman–Crippen LogP) is 1.67. The molecule has 1 aromatic heterocycles. The van der Waals surface area contributed by atoms with Gasteiger partial charge in [-0.15, -0.1) is 0 Å². The van der Waals surface area contributed by atoms with Gasteiger partial charge in [-0.2, -0.15) is 4.31 Å². The van der Waals surface area contributed by atoms with Gasteiger partial charge < -0.3 is 15.0 Å². The molecule has 1 aliphatic rings. The Balaban J connectivity index is 2.22. The molecule has 2 atom stereocenters. The summed E-state index contributed by atoms with van der Waals surface area (Å²) in [5.41, 5.74) is 0.119. The van der Waals surface area contributed by atoms with Gasteiger partial charge in [-0.05, 0) is 37.2 Å². The lowest BCUT2D eigenvalue weighted by atomic mass is 10.0. The smallest absolute Gasteiger partial charge is 0.326 e. The largest absolute Gasteiger partial charge is 0.480 e. The van der Waals surface area contributed by atoms with Crippen LogP contribution in [0.4, 0.5) is 0 Å². The number of hydrogen-bond acceptors (Lipinski definition) is 4. The van der Waals surface area contributed by atoms with Crippen LogP contribution in [0.5, 0.6) is 0 Å². The number of aryl methyl sites for hydroxylation is 1. The molecule has 1 aromatic rings. The molecule has 1 fully saturated rings. The van der Waals surface area contributed by atoms with Crippen molar-refractivity contribution in [3.05, 3.63) is 18.0 Å². The Morgan fingerprint density at radius 2 is 2.04 bits per heavy atom. The van der Waals surface area contributed by atoms with E-state index in [4.69, 9.17) is 0 Å². The first-order valence-electron chi connectivity index (χ1n) is 9.22. The summed E-state index contributed by atoms with van der Waals surface area (Å²) in [6.45, 7) is 6.70. The van der Waals surface area contributed by atoms with E-state index in [0.29, 0.717) is 25.4 Å². The molecule has 0 aromatic carbocycles. The summed E-state index contributed by atoms with van der Waals surface area (Å²) in [5.74, 6) is -1.32. The monoisotopic (exact) mass is 399 g/mol. The minimum atomic E-state index is -3.68. The first kappa shape index (κ1) is 21.4. The summed E-state index contributed by atoms with van der Waals surface area (Å²) in [6.07, 6.45) is 3.51. The summed E-state index contributed by atoms with van der Waals surface area (Å²) in [7, 11) is -2.10. The Morgan fingerprint density at radius 1 is 1.37 bits per heavy atom. The number of hydrogen-bond donors (Lipinski definition) is 2. The first-order chi connectivity index (χ1) is 12.5. The maximum absolute atomic E-state index is 12.9. The Labute approximate surface area is 160 Å². The number of nitrogens with zero attached hydrogens (tertiary/aromatic N) is 2. The average molecular weight is 400 g/mol. The number of carbonyl (C=O) groups is 2. The zero-order chi connectivity index (χ0) is 20.4. The Morgan fingerprint density at radius 3 is 2.59 bits per heavy atom. The lowest BCUT2D eigenvalue weighted by Gasteiger charge is -2.29. The van der Waals surface area contributed by atoms with Crippen molar-refractivity contribution in [3.8, 4) is 0 Å². The van der Waals surface area contributed by atoms with Crippen LogP contribution < -0.4 is 5.32 Å². The maximum atomic E-state index is 12.9. The highest BCUT2D eigenvalue weighted by atomic mass is 32.2. The number of piperidine rings is 1. The molecule has 9 heteroatoms.